The van der Waals surface area contributed by atoms with Gasteiger partial charge in [-0.1, -0.05) is 44.2 Å². The Bertz CT molecular complexity index is 735. The van der Waals surface area contributed by atoms with E-state index in [0.29, 0.717) is 10.8 Å². The van der Waals surface area contributed by atoms with E-state index in [-0.39, 0.29) is 18.2 Å². The van der Waals surface area contributed by atoms with Gasteiger partial charge in [0.25, 0.3) is 0 Å². The minimum Gasteiger partial charge on any atom is -0.342 e. The normalized spacial score (nSPS) is 10.8. The zero-order chi connectivity index (χ0) is 18.8. The highest BCUT2D eigenvalue weighted by Gasteiger charge is 2.14. The SMILES string of the molecule is CCCN(CCC)C(=O)Cc1csc(NC(=O)/C=C/c2ccccc2)n1. The Labute approximate surface area is 158 Å². The lowest BCUT2D eigenvalue weighted by Crippen LogP contribution is -2.33. The molecule has 0 aliphatic rings. The van der Waals surface area contributed by atoms with Gasteiger partial charge in [0.15, 0.2) is 5.13 Å². The van der Waals surface area contributed by atoms with Gasteiger partial charge in [-0.15, -0.1) is 11.3 Å². The van der Waals surface area contributed by atoms with E-state index in [1.807, 2.05) is 40.6 Å². The topological polar surface area (TPSA) is 62.3 Å². The van der Waals surface area contributed by atoms with Gasteiger partial charge in [-0.2, -0.15) is 0 Å². The lowest BCUT2D eigenvalue weighted by molar-refractivity contribution is -0.130. The monoisotopic (exact) mass is 371 g/mol. The highest BCUT2D eigenvalue weighted by Crippen LogP contribution is 2.17. The summed E-state index contributed by atoms with van der Waals surface area (Å²) in [5, 5.41) is 5.07. The van der Waals surface area contributed by atoms with Crippen LogP contribution in [0.5, 0.6) is 0 Å². The second-order valence-corrected chi connectivity index (χ2v) is 6.79. The highest BCUT2D eigenvalue weighted by molar-refractivity contribution is 7.14. The Kier molecular flexibility index (Phi) is 8.02. The molecule has 0 saturated heterocycles. The standard InChI is InChI=1S/C20H25N3O2S/c1-3-12-23(13-4-2)19(25)14-17-15-26-20(21-17)22-18(24)11-10-16-8-6-5-7-9-16/h5-11,15H,3-4,12-14H2,1-2H3,(H,21,22,24)/b11-10+. The smallest absolute Gasteiger partial charge is 0.250 e. The molecular formula is C20H25N3O2S. The summed E-state index contributed by atoms with van der Waals surface area (Å²) in [5.41, 5.74) is 1.65. The molecule has 1 aromatic heterocycles. The van der Waals surface area contributed by atoms with Crippen LogP contribution in [0.15, 0.2) is 41.8 Å². The van der Waals surface area contributed by atoms with Crippen LogP contribution in [0.3, 0.4) is 0 Å². The van der Waals surface area contributed by atoms with Crippen LogP contribution in [0.25, 0.3) is 6.08 Å². The summed E-state index contributed by atoms with van der Waals surface area (Å²) in [4.78, 5) is 30.6. The van der Waals surface area contributed by atoms with Crippen LogP contribution >= 0.6 is 11.3 Å². The van der Waals surface area contributed by atoms with E-state index in [0.717, 1.165) is 31.5 Å². The van der Waals surface area contributed by atoms with Crippen molar-refractivity contribution in [1.82, 2.24) is 9.88 Å². The minimum atomic E-state index is -0.236. The molecule has 0 bridgehead atoms. The van der Waals surface area contributed by atoms with Crippen molar-refractivity contribution in [3.63, 3.8) is 0 Å². The minimum absolute atomic E-state index is 0.0841. The first kappa shape index (κ1) is 19.8. The number of hydrogen-bond donors (Lipinski definition) is 1. The summed E-state index contributed by atoms with van der Waals surface area (Å²) in [6, 6.07) is 9.62. The van der Waals surface area contributed by atoms with Crippen molar-refractivity contribution in [3.8, 4) is 0 Å². The lowest BCUT2D eigenvalue weighted by atomic mass is 10.2. The molecular weight excluding hydrogens is 346 g/mol. The van der Waals surface area contributed by atoms with Gasteiger partial charge in [-0.25, -0.2) is 4.98 Å². The molecule has 1 N–H and O–H groups in total. The van der Waals surface area contributed by atoms with Crippen LogP contribution in [-0.4, -0.2) is 34.8 Å². The van der Waals surface area contributed by atoms with E-state index < -0.39 is 0 Å². The zero-order valence-electron chi connectivity index (χ0n) is 15.3. The Morgan fingerprint density at radius 2 is 1.85 bits per heavy atom. The Morgan fingerprint density at radius 1 is 1.15 bits per heavy atom. The third-order valence-electron chi connectivity index (χ3n) is 3.68. The fraction of sp³-hybridized carbons (Fsp3) is 0.350. The molecule has 0 aliphatic heterocycles. The molecule has 2 amide bonds. The molecule has 0 saturated carbocycles. The number of thiazole rings is 1. The molecule has 0 atom stereocenters. The number of aromatic nitrogens is 1. The van der Waals surface area contributed by atoms with Crippen LogP contribution < -0.4 is 5.32 Å². The van der Waals surface area contributed by atoms with Crippen molar-refractivity contribution in [3.05, 3.63) is 53.0 Å². The van der Waals surface area contributed by atoms with E-state index in [1.54, 1.807) is 6.08 Å². The number of carbonyl (C=O) groups is 2. The second kappa shape index (κ2) is 10.5. The summed E-state index contributed by atoms with van der Waals surface area (Å²) >= 11 is 1.33. The van der Waals surface area contributed by atoms with E-state index in [1.165, 1.54) is 17.4 Å². The number of rotatable bonds is 9. The van der Waals surface area contributed by atoms with Crippen molar-refractivity contribution < 1.29 is 9.59 Å². The van der Waals surface area contributed by atoms with Gasteiger partial charge in [0.1, 0.15) is 0 Å². The molecule has 1 aromatic carbocycles. The molecule has 0 fully saturated rings. The first-order chi connectivity index (χ1) is 12.6. The molecule has 2 aromatic rings. The van der Waals surface area contributed by atoms with Crippen molar-refractivity contribution in [2.24, 2.45) is 0 Å². The van der Waals surface area contributed by atoms with Crippen molar-refractivity contribution in [1.29, 1.82) is 0 Å². The number of benzene rings is 1. The molecule has 0 spiro atoms. The third-order valence-corrected chi connectivity index (χ3v) is 4.49. The molecule has 26 heavy (non-hydrogen) atoms. The van der Waals surface area contributed by atoms with Gasteiger partial charge in [0.05, 0.1) is 12.1 Å². The van der Waals surface area contributed by atoms with E-state index in [9.17, 15) is 9.59 Å². The maximum absolute atomic E-state index is 12.4. The molecule has 138 valence electrons. The first-order valence-corrected chi connectivity index (χ1v) is 9.76. The lowest BCUT2D eigenvalue weighted by Gasteiger charge is -2.20. The summed E-state index contributed by atoms with van der Waals surface area (Å²) in [6.45, 7) is 5.67. The van der Waals surface area contributed by atoms with Crippen LogP contribution in [0.4, 0.5) is 5.13 Å². The van der Waals surface area contributed by atoms with Gasteiger partial charge in [-0.3, -0.25) is 14.9 Å². The number of carbonyl (C=O) groups excluding carboxylic acids is 2. The highest BCUT2D eigenvalue weighted by atomic mass is 32.1. The van der Waals surface area contributed by atoms with Crippen molar-refractivity contribution >= 4 is 34.4 Å². The first-order valence-electron chi connectivity index (χ1n) is 8.88. The molecule has 0 aliphatic carbocycles. The number of nitrogens with zero attached hydrogens (tertiary/aromatic N) is 2. The van der Waals surface area contributed by atoms with Crippen LogP contribution in [0.2, 0.25) is 0 Å². The predicted octanol–water partition coefficient (Wildman–Crippen LogP) is 3.99. The fourth-order valence-corrected chi connectivity index (χ4v) is 3.21. The molecule has 1 heterocycles. The molecule has 0 unspecified atom stereocenters. The van der Waals surface area contributed by atoms with Crippen molar-refractivity contribution in [2.45, 2.75) is 33.1 Å². The van der Waals surface area contributed by atoms with Crippen LogP contribution in [0, 0.1) is 0 Å². The Balaban J connectivity index is 1.89. The van der Waals surface area contributed by atoms with Crippen LogP contribution in [-0.2, 0) is 16.0 Å². The number of amides is 2. The second-order valence-electron chi connectivity index (χ2n) is 5.93. The van der Waals surface area contributed by atoms with Gasteiger partial charge in [0, 0.05) is 24.5 Å². The maximum Gasteiger partial charge on any atom is 0.250 e. The average Bonchev–Trinajstić information content (AvgIpc) is 3.07. The van der Waals surface area contributed by atoms with E-state index in [4.69, 9.17) is 0 Å². The summed E-state index contributed by atoms with van der Waals surface area (Å²) in [7, 11) is 0. The summed E-state index contributed by atoms with van der Waals surface area (Å²) in [5.74, 6) is -0.152. The number of hydrogen-bond acceptors (Lipinski definition) is 4. The Hall–Kier alpha value is -2.47. The molecule has 0 radical (unpaired) electrons. The van der Waals surface area contributed by atoms with Gasteiger partial charge < -0.3 is 4.90 Å². The largest absolute Gasteiger partial charge is 0.342 e. The Morgan fingerprint density at radius 3 is 2.50 bits per heavy atom. The van der Waals surface area contributed by atoms with Gasteiger partial charge in [0.2, 0.25) is 11.8 Å². The maximum atomic E-state index is 12.4. The average molecular weight is 372 g/mol. The van der Waals surface area contributed by atoms with Crippen LogP contribution in [0.1, 0.15) is 37.9 Å². The molecule has 5 nitrogen and oxygen atoms in total. The summed E-state index contributed by atoms with van der Waals surface area (Å²) < 4.78 is 0. The summed E-state index contributed by atoms with van der Waals surface area (Å²) in [6.07, 6.45) is 5.38. The molecule has 2 rings (SSSR count). The van der Waals surface area contributed by atoms with E-state index >= 15 is 0 Å². The predicted molar refractivity (Wildman–Crippen MR) is 107 cm³/mol. The van der Waals surface area contributed by atoms with Crippen molar-refractivity contribution in [2.75, 3.05) is 18.4 Å². The zero-order valence-corrected chi connectivity index (χ0v) is 16.1. The van der Waals surface area contributed by atoms with Gasteiger partial charge >= 0.3 is 0 Å². The van der Waals surface area contributed by atoms with E-state index in [2.05, 4.69) is 24.1 Å². The fourth-order valence-electron chi connectivity index (χ4n) is 2.50. The molecule has 6 heteroatoms. The third kappa shape index (κ3) is 6.44. The quantitative estimate of drug-likeness (QED) is 0.678. The number of anilines is 1. The number of nitrogens with one attached hydrogen (secondary N) is 1. The van der Waals surface area contributed by atoms with Gasteiger partial charge in [-0.05, 0) is 24.5 Å².